The Bertz CT molecular complexity index is 1280. The number of unbranched alkanes of at least 4 members (excludes halogenated alkanes) is 11. The minimum Gasteiger partial charge on any atom is -0.756 e. The van der Waals surface area contributed by atoms with Gasteiger partial charge in [0, 0.05) is 6.42 Å². The van der Waals surface area contributed by atoms with Crippen LogP contribution in [-0.4, -0.2) is 68.5 Å². The molecule has 3 atom stereocenters. The van der Waals surface area contributed by atoms with Gasteiger partial charge in [-0.25, -0.2) is 0 Å². The number of rotatable bonds is 40. The van der Waals surface area contributed by atoms with E-state index in [1.165, 1.54) is 32.1 Å². The normalized spacial score (nSPS) is 15.2. The lowest BCUT2D eigenvalue weighted by Gasteiger charge is -2.30. The molecule has 9 heteroatoms. The number of phosphoric acid groups is 1. The minimum absolute atomic E-state index is 0.00393. The van der Waals surface area contributed by atoms with Gasteiger partial charge in [0.25, 0.3) is 7.82 Å². The smallest absolute Gasteiger partial charge is 0.268 e. The van der Waals surface area contributed by atoms with Gasteiger partial charge in [0.2, 0.25) is 5.91 Å². The molecule has 0 aromatic heterocycles. The molecule has 8 nitrogen and oxygen atoms in total. The van der Waals surface area contributed by atoms with E-state index in [1.807, 2.05) is 21.1 Å². The van der Waals surface area contributed by atoms with Crippen LogP contribution in [0, 0.1) is 0 Å². The molecule has 0 aliphatic heterocycles. The van der Waals surface area contributed by atoms with Crippen LogP contribution in [0.1, 0.15) is 162 Å². The van der Waals surface area contributed by atoms with E-state index in [2.05, 4.69) is 116 Å². The summed E-state index contributed by atoms with van der Waals surface area (Å²) < 4.78 is 23.0. The summed E-state index contributed by atoms with van der Waals surface area (Å²) in [5.41, 5.74) is 0. The number of nitrogens with zero attached hydrogens (tertiary/aromatic N) is 1. The first-order chi connectivity index (χ1) is 28.5. The first-order valence-corrected chi connectivity index (χ1v) is 24.5. The quantitative estimate of drug-likeness (QED) is 0.0275. The zero-order valence-electron chi connectivity index (χ0n) is 38.2. The lowest BCUT2D eigenvalue weighted by atomic mass is 10.0. The van der Waals surface area contributed by atoms with E-state index in [4.69, 9.17) is 9.05 Å². The van der Waals surface area contributed by atoms with Crippen LogP contribution in [0.4, 0.5) is 0 Å². The molecule has 0 aliphatic carbocycles. The predicted molar refractivity (Wildman–Crippen MR) is 251 cm³/mol. The van der Waals surface area contributed by atoms with Gasteiger partial charge in [-0.05, 0) is 77.0 Å². The highest BCUT2D eigenvalue weighted by atomic mass is 31.2. The van der Waals surface area contributed by atoms with E-state index in [0.717, 1.165) is 103 Å². The maximum atomic E-state index is 12.7. The van der Waals surface area contributed by atoms with Crippen molar-refractivity contribution in [2.24, 2.45) is 0 Å². The fourth-order valence-electron chi connectivity index (χ4n) is 5.93. The van der Waals surface area contributed by atoms with E-state index in [9.17, 15) is 19.4 Å². The largest absolute Gasteiger partial charge is 0.756 e. The molecule has 0 radical (unpaired) electrons. The van der Waals surface area contributed by atoms with Crippen molar-refractivity contribution in [1.29, 1.82) is 0 Å². The van der Waals surface area contributed by atoms with E-state index >= 15 is 0 Å². The first-order valence-electron chi connectivity index (χ1n) is 23.1. The summed E-state index contributed by atoms with van der Waals surface area (Å²) in [4.78, 5) is 25.1. The van der Waals surface area contributed by atoms with Crippen molar-refractivity contribution < 1.29 is 32.9 Å². The van der Waals surface area contributed by atoms with Crippen LogP contribution in [-0.2, 0) is 18.4 Å². The zero-order valence-corrected chi connectivity index (χ0v) is 39.1. The van der Waals surface area contributed by atoms with Crippen molar-refractivity contribution >= 4 is 13.7 Å². The van der Waals surface area contributed by atoms with Gasteiger partial charge in [0.05, 0.1) is 39.9 Å². The lowest BCUT2D eigenvalue weighted by Crippen LogP contribution is -2.46. The molecule has 0 fully saturated rings. The Morgan fingerprint density at radius 1 is 0.610 bits per heavy atom. The highest BCUT2D eigenvalue weighted by Crippen LogP contribution is 2.38. The number of carbonyl (C=O) groups is 1. The third-order valence-corrected chi connectivity index (χ3v) is 10.6. The summed E-state index contributed by atoms with van der Waals surface area (Å²) in [6.07, 6.45) is 57.7. The van der Waals surface area contributed by atoms with Gasteiger partial charge in [-0.1, -0.05) is 175 Å². The van der Waals surface area contributed by atoms with Crippen molar-refractivity contribution in [1.82, 2.24) is 5.32 Å². The Morgan fingerprint density at radius 3 is 1.49 bits per heavy atom. The number of quaternary nitrogens is 1. The third-order valence-electron chi connectivity index (χ3n) is 9.59. The van der Waals surface area contributed by atoms with Gasteiger partial charge in [-0.3, -0.25) is 9.36 Å². The standard InChI is InChI=1S/C50H87N2O6P/c1-6-8-10-12-13-14-15-16-17-18-19-20-21-22-23-24-25-26-27-28-29-30-31-32-33-34-35-36-37-38-39-40-42-44-50(54)51-48(49(53)43-41-11-9-7-2)47-58-59(55,56)57-46-45-52(3,4)5/h8,10,13-14,16-17,19-20,22-23,25-26,28-29,31-32,48-49,53H,6-7,9,11-12,15,18,21,24,27,30,33-47H2,1-5H3,(H-,51,54,55,56)/b10-8-,14-13-,17-16-,20-19-,23-22-,26-25-,29-28-,32-31-. The second-order valence-corrected chi connectivity index (χ2v) is 17.8. The highest BCUT2D eigenvalue weighted by Gasteiger charge is 2.24. The molecule has 0 bridgehead atoms. The van der Waals surface area contributed by atoms with Gasteiger partial charge in [0.15, 0.2) is 0 Å². The topological polar surface area (TPSA) is 108 Å². The Balaban J connectivity index is 3.98. The fraction of sp³-hybridized carbons (Fsp3) is 0.660. The molecule has 2 N–H and O–H groups in total. The molecule has 1 amide bonds. The van der Waals surface area contributed by atoms with Crippen molar-refractivity contribution in [3.05, 3.63) is 97.2 Å². The summed E-state index contributed by atoms with van der Waals surface area (Å²) in [5, 5.41) is 13.6. The molecular formula is C50H87N2O6P. The van der Waals surface area contributed by atoms with Crippen LogP contribution in [0.5, 0.6) is 0 Å². The number of allylic oxidation sites excluding steroid dienone is 16. The molecule has 0 saturated carbocycles. The van der Waals surface area contributed by atoms with Crippen LogP contribution in [0.2, 0.25) is 0 Å². The van der Waals surface area contributed by atoms with Gasteiger partial charge >= 0.3 is 0 Å². The number of aliphatic hydroxyl groups is 1. The van der Waals surface area contributed by atoms with E-state index in [0.29, 0.717) is 23.9 Å². The van der Waals surface area contributed by atoms with Crippen molar-refractivity contribution in [2.45, 2.75) is 174 Å². The third kappa shape index (κ3) is 43.3. The highest BCUT2D eigenvalue weighted by molar-refractivity contribution is 7.45. The molecule has 0 rings (SSSR count). The maximum Gasteiger partial charge on any atom is 0.268 e. The summed E-state index contributed by atoms with van der Waals surface area (Å²) >= 11 is 0. The Kier molecular flexibility index (Phi) is 39.0. The molecule has 59 heavy (non-hydrogen) atoms. The lowest BCUT2D eigenvalue weighted by molar-refractivity contribution is -0.870. The van der Waals surface area contributed by atoms with E-state index in [1.54, 1.807) is 0 Å². The molecule has 0 aliphatic rings. The number of amides is 1. The number of phosphoric ester groups is 1. The van der Waals surface area contributed by atoms with Crippen LogP contribution >= 0.6 is 7.82 Å². The predicted octanol–water partition coefficient (Wildman–Crippen LogP) is 12.5. The van der Waals surface area contributed by atoms with Crippen molar-refractivity contribution in [2.75, 3.05) is 40.9 Å². The summed E-state index contributed by atoms with van der Waals surface area (Å²) in [7, 11) is 1.27. The SMILES string of the molecule is CC/C=C\C/C=C\C/C=C\C/C=C\C/C=C\C/C=C\C/C=C\C/C=C\CCCCCCCCCCC(=O)NC(COP(=O)([O-])OCC[N+](C)(C)C)C(O)CCCCCC. The number of hydrogen-bond acceptors (Lipinski definition) is 6. The first kappa shape index (κ1) is 56.4. The van der Waals surface area contributed by atoms with E-state index < -0.39 is 20.0 Å². The Hall–Kier alpha value is -2.58. The zero-order chi connectivity index (χ0) is 43.6. The van der Waals surface area contributed by atoms with Crippen molar-refractivity contribution in [3.63, 3.8) is 0 Å². The number of likely N-dealkylation sites (N-methyl/N-ethyl adjacent to an activating group) is 1. The van der Waals surface area contributed by atoms with Gasteiger partial charge in [-0.15, -0.1) is 0 Å². The summed E-state index contributed by atoms with van der Waals surface area (Å²) in [6.45, 7) is 4.44. The Morgan fingerprint density at radius 2 is 1.03 bits per heavy atom. The molecule has 0 aromatic carbocycles. The number of aliphatic hydroxyl groups excluding tert-OH is 1. The number of nitrogens with one attached hydrogen (secondary N) is 1. The van der Waals surface area contributed by atoms with Gasteiger partial charge in [-0.2, -0.15) is 0 Å². The van der Waals surface area contributed by atoms with E-state index in [-0.39, 0.29) is 19.1 Å². The number of hydrogen-bond donors (Lipinski definition) is 2. The summed E-state index contributed by atoms with van der Waals surface area (Å²) in [6, 6.07) is -0.807. The van der Waals surface area contributed by atoms with Crippen LogP contribution in [0.15, 0.2) is 97.2 Å². The molecular weight excluding hydrogens is 756 g/mol. The molecule has 3 unspecified atom stereocenters. The maximum absolute atomic E-state index is 12.7. The number of carbonyl (C=O) groups excluding carboxylic acids is 1. The molecule has 0 saturated heterocycles. The average Bonchev–Trinajstić information content (AvgIpc) is 3.19. The summed E-state index contributed by atoms with van der Waals surface area (Å²) in [5.74, 6) is -0.189. The second-order valence-electron chi connectivity index (χ2n) is 16.4. The monoisotopic (exact) mass is 843 g/mol. The van der Waals surface area contributed by atoms with Crippen LogP contribution in [0.3, 0.4) is 0 Å². The van der Waals surface area contributed by atoms with Crippen LogP contribution in [0.25, 0.3) is 0 Å². The molecule has 0 spiro atoms. The molecule has 338 valence electrons. The van der Waals surface area contributed by atoms with Gasteiger partial charge in [0.1, 0.15) is 13.2 Å². The minimum atomic E-state index is -4.55. The average molecular weight is 843 g/mol. The molecule has 0 heterocycles. The Labute approximate surface area is 362 Å². The molecule has 0 aromatic rings. The van der Waals surface area contributed by atoms with Gasteiger partial charge < -0.3 is 28.8 Å². The fourth-order valence-corrected chi connectivity index (χ4v) is 6.66. The van der Waals surface area contributed by atoms with Crippen LogP contribution < -0.4 is 10.2 Å². The second kappa shape index (κ2) is 40.8. The van der Waals surface area contributed by atoms with Crippen molar-refractivity contribution in [3.8, 4) is 0 Å².